The van der Waals surface area contributed by atoms with E-state index in [0.717, 1.165) is 11.6 Å². The number of carbonyl (C=O) groups excluding carboxylic acids is 1. The lowest BCUT2D eigenvalue weighted by atomic mass is 10.1. The van der Waals surface area contributed by atoms with Gasteiger partial charge in [-0.3, -0.25) is 9.20 Å². The van der Waals surface area contributed by atoms with Crippen LogP contribution in [-0.2, 0) is 6.18 Å². The Morgan fingerprint density at radius 2 is 1.88 bits per heavy atom. The molecule has 2 heterocycles. The third-order valence-electron chi connectivity index (χ3n) is 3.65. The number of amides is 1. The Balaban J connectivity index is 2.02. The average molecular weight is 333 g/mol. The number of nitrogens with zero attached hydrogens (tertiary/aromatic N) is 2. The maximum absolute atomic E-state index is 13.0. The number of carbonyl (C=O) groups is 1. The summed E-state index contributed by atoms with van der Waals surface area (Å²) in [6, 6.07) is 8.47. The van der Waals surface area contributed by atoms with Gasteiger partial charge < -0.3 is 5.32 Å². The van der Waals surface area contributed by atoms with E-state index in [4.69, 9.17) is 0 Å². The van der Waals surface area contributed by atoms with E-state index in [1.807, 2.05) is 6.92 Å². The largest absolute Gasteiger partial charge is 0.418 e. The first-order valence-electron chi connectivity index (χ1n) is 7.20. The molecule has 0 saturated heterocycles. The Morgan fingerprint density at radius 3 is 2.58 bits per heavy atom. The fourth-order valence-electron chi connectivity index (χ4n) is 2.56. The van der Waals surface area contributed by atoms with Crippen LogP contribution in [0.25, 0.3) is 5.65 Å². The fraction of sp³-hybridized carbons (Fsp3) is 0.176. The van der Waals surface area contributed by atoms with Crippen molar-refractivity contribution in [3.63, 3.8) is 0 Å². The van der Waals surface area contributed by atoms with Crippen LogP contribution in [0.4, 0.5) is 18.9 Å². The minimum atomic E-state index is -4.55. The Hall–Kier alpha value is -2.83. The fourth-order valence-corrected chi connectivity index (χ4v) is 2.56. The van der Waals surface area contributed by atoms with Crippen LogP contribution in [0.1, 0.15) is 27.3 Å². The first-order valence-corrected chi connectivity index (χ1v) is 7.20. The van der Waals surface area contributed by atoms with Gasteiger partial charge in [0.05, 0.1) is 16.9 Å². The predicted octanol–water partition coefficient (Wildman–Crippen LogP) is 4.22. The summed E-state index contributed by atoms with van der Waals surface area (Å²) in [6.07, 6.45) is -2.87. The topological polar surface area (TPSA) is 46.4 Å². The summed E-state index contributed by atoms with van der Waals surface area (Å²) >= 11 is 0. The molecule has 0 bridgehead atoms. The Labute approximate surface area is 135 Å². The van der Waals surface area contributed by atoms with E-state index in [1.54, 1.807) is 29.7 Å². The molecule has 24 heavy (non-hydrogen) atoms. The van der Waals surface area contributed by atoms with Gasteiger partial charge in [0, 0.05) is 6.20 Å². The number of pyridine rings is 1. The van der Waals surface area contributed by atoms with Gasteiger partial charge >= 0.3 is 6.18 Å². The molecule has 0 aliphatic rings. The number of para-hydroxylation sites is 1. The molecule has 4 nitrogen and oxygen atoms in total. The van der Waals surface area contributed by atoms with E-state index in [9.17, 15) is 18.0 Å². The molecule has 1 amide bonds. The van der Waals surface area contributed by atoms with Crippen molar-refractivity contribution in [3.8, 4) is 0 Å². The summed E-state index contributed by atoms with van der Waals surface area (Å²) in [7, 11) is 0. The average Bonchev–Trinajstić information content (AvgIpc) is 2.81. The molecular formula is C17H14F3N3O. The SMILES string of the molecule is Cc1ccn2c(C(=O)Nc3ccccc3C(F)(F)F)c(C)nc2c1. The standard InChI is InChI=1S/C17H14F3N3O/c1-10-7-8-23-14(9-10)21-11(2)15(23)16(24)22-13-6-4-3-5-12(13)17(18,19)20/h3-9H,1-2H3,(H,22,24). The smallest absolute Gasteiger partial charge is 0.320 e. The van der Waals surface area contributed by atoms with Crippen molar-refractivity contribution in [2.24, 2.45) is 0 Å². The van der Waals surface area contributed by atoms with E-state index in [2.05, 4.69) is 10.3 Å². The van der Waals surface area contributed by atoms with Crippen molar-refractivity contribution in [2.45, 2.75) is 20.0 Å². The molecule has 3 aromatic rings. The van der Waals surface area contributed by atoms with Gasteiger partial charge in [-0.15, -0.1) is 0 Å². The number of alkyl halides is 3. The lowest BCUT2D eigenvalue weighted by molar-refractivity contribution is -0.136. The molecule has 0 radical (unpaired) electrons. The molecule has 1 N–H and O–H groups in total. The number of rotatable bonds is 2. The molecule has 0 unspecified atom stereocenters. The van der Waals surface area contributed by atoms with Crippen molar-refractivity contribution in [1.82, 2.24) is 9.38 Å². The van der Waals surface area contributed by atoms with Crippen LogP contribution in [0, 0.1) is 13.8 Å². The summed E-state index contributed by atoms with van der Waals surface area (Å²) < 4.78 is 40.7. The second-order valence-electron chi connectivity index (χ2n) is 5.48. The number of nitrogens with one attached hydrogen (secondary N) is 1. The number of hydrogen-bond acceptors (Lipinski definition) is 2. The number of imidazole rings is 1. The molecule has 1 aromatic carbocycles. The maximum Gasteiger partial charge on any atom is 0.418 e. The third-order valence-corrected chi connectivity index (χ3v) is 3.65. The van der Waals surface area contributed by atoms with Crippen LogP contribution in [-0.4, -0.2) is 15.3 Å². The number of fused-ring (bicyclic) bond motifs is 1. The molecule has 0 atom stereocenters. The highest BCUT2D eigenvalue weighted by molar-refractivity contribution is 6.04. The van der Waals surface area contributed by atoms with Crippen LogP contribution in [0.3, 0.4) is 0 Å². The van der Waals surface area contributed by atoms with E-state index in [1.165, 1.54) is 18.2 Å². The van der Waals surface area contributed by atoms with Crippen molar-refractivity contribution in [3.05, 3.63) is 65.1 Å². The molecule has 0 saturated carbocycles. The monoisotopic (exact) mass is 333 g/mol. The highest BCUT2D eigenvalue weighted by Gasteiger charge is 2.34. The zero-order valence-electron chi connectivity index (χ0n) is 13.0. The first-order chi connectivity index (χ1) is 11.3. The number of halogens is 3. The zero-order chi connectivity index (χ0) is 17.5. The zero-order valence-corrected chi connectivity index (χ0v) is 13.0. The van der Waals surface area contributed by atoms with Crippen molar-refractivity contribution >= 4 is 17.2 Å². The van der Waals surface area contributed by atoms with E-state index >= 15 is 0 Å². The molecule has 124 valence electrons. The van der Waals surface area contributed by atoms with Crippen molar-refractivity contribution in [2.75, 3.05) is 5.32 Å². The minimum absolute atomic E-state index is 0.210. The molecule has 0 aliphatic carbocycles. The Morgan fingerprint density at radius 1 is 1.17 bits per heavy atom. The molecular weight excluding hydrogens is 319 g/mol. The summed E-state index contributed by atoms with van der Waals surface area (Å²) in [5, 5.41) is 2.35. The van der Waals surface area contributed by atoms with Gasteiger partial charge in [-0.2, -0.15) is 13.2 Å². The number of aromatic nitrogens is 2. The normalized spacial score (nSPS) is 11.7. The van der Waals surface area contributed by atoms with Gasteiger partial charge in [-0.25, -0.2) is 4.98 Å². The second kappa shape index (κ2) is 5.67. The Kier molecular flexibility index (Phi) is 3.79. The number of benzene rings is 1. The van der Waals surface area contributed by atoms with Gasteiger partial charge in [0.25, 0.3) is 5.91 Å². The predicted molar refractivity (Wildman–Crippen MR) is 84.1 cm³/mol. The number of hydrogen-bond donors (Lipinski definition) is 1. The second-order valence-corrected chi connectivity index (χ2v) is 5.48. The number of anilines is 1. The number of aryl methyl sites for hydroxylation is 2. The molecule has 0 spiro atoms. The summed E-state index contributed by atoms with van der Waals surface area (Å²) in [4.78, 5) is 16.8. The highest BCUT2D eigenvalue weighted by Crippen LogP contribution is 2.34. The first kappa shape index (κ1) is 16.0. The van der Waals surface area contributed by atoms with Gasteiger partial charge in [0.2, 0.25) is 0 Å². The van der Waals surface area contributed by atoms with Crippen LogP contribution in [0.2, 0.25) is 0 Å². The van der Waals surface area contributed by atoms with Crippen LogP contribution in [0.15, 0.2) is 42.6 Å². The van der Waals surface area contributed by atoms with Crippen molar-refractivity contribution < 1.29 is 18.0 Å². The molecule has 3 rings (SSSR count). The minimum Gasteiger partial charge on any atom is -0.320 e. The summed E-state index contributed by atoms with van der Waals surface area (Å²) in [6.45, 7) is 3.54. The van der Waals surface area contributed by atoms with E-state index < -0.39 is 17.6 Å². The van der Waals surface area contributed by atoms with Crippen LogP contribution >= 0.6 is 0 Å². The van der Waals surface area contributed by atoms with Gasteiger partial charge in [0.15, 0.2) is 0 Å². The molecule has 0 fully saturated rings. The Bertz CT molecular complexity index is 928. The molecule has 7 heteroatoms. The highest BCUT2D eigenvalue weighted by atomic mass is 19.4. The van der Waals surface area contributed by atoms with Crippen molar-refractivity contribution in [1.29, 1.82) is 0 Å². The summed E-state index contributed by atoms with van der Waals surface area (Å²) in [5.74, 6) is -0.638. The molecule has 0 aliphatic heterocycles. The van der Waals surface area contributed by atoms with Gasteiger partial charge in [-0.05, 0) is 43.7 Å². The van der Waals surface area contributed by atoms with E-state index in [-0.39, 0.29) is 11.4 Å². The lowest BCUT2D eigenvalue weighted by Gasteiger charge is -2.13. The quantitative estimate of drug-likeness (QED) is 0.763. The lowest BCUT2D eigenvalue weighted by Crippen LogP contribution is -2.18. The van der Waals surface area contributed by atoms with Gasteiger partial charge in [0.1, 0.15) is 11.3 Å². The van der Waals surface area contributed by atoms with E-state index in [0.29, 0.717) is 11.3 Å². The van der Waals surface area contributed by atoms with Crippen LogP contribution in [0.5, 0.6) is 0 Å². The summed E-state index contributed by atoms with van der Waals surface area (Å²) in [5.41, 5.74) is 1.03. The maximum atomic E-state index is 13.0. The van der Waals surface area contributed by atoms with Gasteiger partial charge in [-0.1, -0.05) is 12.1 Å². The van der Waals surface area contributed by atoms with Crippen LogP contribution < -0.4 is 5.32 Å². The third kappa shape index (κ3) is 2.84. The molecule has 2 aromatic heterocycles.